The molecule has 2 aromatic rings. The zero-order valence-electron chi connectivity index (χ0n) is 12.5. The van der Waals surface area contributed by atoms with Gasteiger partial charge in [0.25, 0.3) is 0 Å². The van der Waals surface area contributed by atoms with Crippen LogP contribution in [-0.4, -0.2) is 0 Å². The number of unbranched alkanes of at least 4 members (excludes halogenated alkanes) is 1. The number of nitrogens with zero attached hydrogens (tertiary/aromatic N) is 1. The Bertz CT molecular complexity index is 529. The van der Waals surface area contributed by atoms with E-state index in [0.717, 1.165) is 6.54 Å². The molecular weight excluding hydrogens is 230 g/mol. The molecule has 1 aromatic heterocycles. The molecule has 1 heterocycles. The number of aryl methyl sites for hydroxylation is 3. The Kier molecular flexibility index (Phi) is 4.36. The van der Waals surface area contributed by atoms with Crippen LogP contribution < -0.4 is 4.57 Å². The van der Waals surface area contributed by atoms with Gasteiger partial charge in [0.2, 0.25) is 0 Å². The van der Waals surface area contributed by atoms with Crippen molar-refractivity contribution < 1.29 is 4.57 Å². The molecule has 0 N–H and O–H groups in total. The predicted molar refractivity (Wildman–Crippen MR) is 81.2 cm³/mol. The fraction of sp³-hybridized carbons (Fsp3) is 0.389. The second kappa shape index (κ2) is 6.01. The van der Waals surface area contributed by atoms with Gasteiger partial charge in [-0.15, -0.1) is 0 Å². The molecule has 0 fully saturated rings. The summed E-state index contributed by atoms with van der Waals surface area (Å²) < 4.78 is 2.42. The lowest BCUT2D eigenvalue weighted by Gasteiger charge is -2.08. The second-order valence-corrected chi connectivity index (χ2v) is 5.40. The Morgan fingerprint density at radius 1 is 0.842 bits per heavy atom. The van der Waals surface area contributed by atoms with Crippen molar-refractivity contribution >= 4 is 0 Å². The molecule has 0 spiro atoms. The van der Waals surface area contributed by atoms with Crippen molar-refractivity contribution in [1.82, 2.24) is 0 Å². The van der Waals surface area contributed by atoms with Crippen LogP contribution in [0.2, 0.25) is 0 Å². The van der Waals surface area contributed by atoms with Gasteiger partial charge in [0.15, 0.2) is 11.4 Å². The average molecular weight is 254 g/mol. The van der Waals surface area contributed by atoms with Crippen LogP contribution >= 0.6 is 0 Å². The third kappa shape index (κ3) is 3.23. The van der Waals surface area contributed by atoms with Crippen LogP contribution in [0.1, 0.15) is 36.7 Å². The van der Waals surface area contributed by atoms with Crippen LogP contribution in [0.25, 0.3) is 11.1 Å². The van der Waals surface area contributed by atoms with Gasteiger partial charge < -0.3 is 0 Å². The summed E-state index contributed by atoms with van der Waals surface area (Å²) >= 11 is 0. The molecule has 0 saturated heterocycles. The minimum atomic E-state index is 1.13. The first kappa shape index (κ1) is 13.8. The molecule has 0 aliphatic heterocycles. The van der Waals surface area contributed by atoms with Crippen molar-refractivity contribution in [2.75, 3.05) is 0 Å². The quantitative estimate of drug-likeness (QED) is 0.713. The van der Waals surface area contributed by atoms with Crippen molar-refractivity contribution in [3.63, 3.8) is 0 Å². The van der Waals surface area contributed by atoms with Gasteiger partial charge in [-0.3, -0.25) is 0 Å². The molecule has 0 saturated carbocycles. The Hall–Kier alpha value is -1.63. The highest BCUT2D eigenvalue weighted by Gasteiger charge is 2.12. The maximum absolute atomic E-state index is 2.42. The summed E-state index contributed by atoms with van der Waals surface area (Å²) in [5.41, 5.74) is 6.64. The van der Waals surface area contributed by atoms with E-state index in [9.17, 15) is 0 Å². The topological polar surface area (TPSA) is 3.88 Å². The molecule has 1 nitrogen and oxygen atoms in total. The van der Waals surface area contributed by atoms with Crippen molar-refractivity contribution in [1.29, 1.82) is 0 Å². The molecule has 2 rings (SSSR count). The number of hydrogen-bond acceptors (Lipinski definition) is 0. The summed E-state index contributed by atoms with van der Waals surface area (Å²) in [6, 6.07) is 13.4. The monoisotopic (exact) mass is 254 g/mol. The minimum Gasteiger partial charge on any atom is -0.200 e. The Morgan fingerprint density at radius 2 is 1.42 bits per heavy atom. The molecule has 0 bridgehead atoms. The summed E-state index contributed by atoms with van der Waals surface area (Å²) in [4.78, 5) is 0. The number of rotatable bonds is 4. The highest BCUT2D eigenvalue weighted by atomic mass is 15.0. The standard InChI is InChI=1S/C18H24N/c1-5-6-11-19-15(3)12-18(13-16(19)4)17-9-7-14(2)8-10-17/h7-10,12-13H,5-6,11H2,1-4H3/q+1. The molecule has 19 heavy (non-hydrogen) atoms. The number of hydrogen-bond donors (Lipinski definition) is 0. The van der Waals surface area contributed by atoms with Crippen molar-refractivity contribution in [3.05, 3.63) is 53.3 Å². The van der Waals surface area contributed by atoms with Crippen LogP contribution in [0.5, 0.6) is 0 Å². The van der Waals surface area contributed by atoms with E-state index in [4.69, 9.17) is 0 Å². The molecule has 100 valence electrons. The van der Waals surface area contributed by atoms with Crippen LogP contribution in [0.4, 0.5) is 0 Å². The molecule has 1 aromatic carbocycles. The molecule has 0 radical (unpaired) electrons. The van der Waals surface area contributed by atoms with E-state index in [1.165, 1.54) is 40.9 Å². The summed E-state index contributed by atoms with van der Waals surface area (Å²) in [5, 5.41) is 0. The SMILES string of the molecule is CCCC[n+]1c(C)cc(-c2ccc(C)cc2)cc1C. The second-order valence-electron chi connectivity index (χ2n) is 5.40. The average Bonchev–Trinajstić information content (AvgIpc) is 2.38. The Balaban J connectivity index is 2.36. The summed E-state index contributed by atoms with van der Waals surface area (Å²) in [6.45, 7) is 9.92. The van der Waals surface area contributed by atoms with Crippen LogP contribution in [0, 0.1) is 20.8 Å². The van der Waals surface area contributed by atoms with Crippen LogP contribution in [-0.2, 0) is 6.54 Å². The first-order valence-electron chi connectivity index (χ1n) is 7.20. The van der Waals surface area contributed by atoms with Gasteiger partial charge in [0.05, 0.1) is 0 Å². The summed E-state index contributed by atoms with van der Waals surface area (Å²) in [6.07, 6.45) is 2.49. The molecule has 0 aliphatic carbocycles. The van der Waals surface area contributed by atoms with E-state index in [1.54, 1.807) is 0 Å². The summed E-state index contributed by atoms with van der Waals surface area (Å²) in [5.74, 6) is 0. The molecule has 1 heteroatoms. The van der Waals surface area contributed by atoms with Gasteiger partial charge in [0.1, 0.15) is 6.54 Å². The van der Waals surface area contributed by atoms with E-state index in [1.807, 2.05) is 0 Å². The normalized spacial score (nSPS) is 10.7. The molecule has 0 aliphatic rings. The number of benzene rings is 1. The predicted octanol–water partition coefficient (Wildman–Crippen LogP) is 4.37. The van der Waals surface area contributed by atoms with E-state index in [0.29, 0.717) is 0 Å². The number of pyridine rings is 1. The number of aromatic nitrogens is 1. The first-order valence-corrected chi connectivity index (χ1v) is 7.20. The molecule has 0 amide bonds. The van der Waals surface area contributed by atoms with Gasteiger partial charge >= 0.3 is 0 Å². The van der Waals surface area contributed by atoms with Gasteiger partial charge in [-0.2, -0.15) is 0 Å². The zero-order valence-corrected chi connectivity index (χ0v) is 12.5. The zero-order chi connectivity index (χ0) is 13.8. The molecule has 0 unspecified atom stereocenters. The Morgan fingerprint density at radius 3 is 1.95 bits per heavy atom. The largest absolute Gasteiger partial charge is 0.200 e. The lowest BCUT2D eigenvalue weighted by molar-refractivity contribution is -0.708. The highest BCUT2D eigenvalue weighted by Crippen LogP contribution is 2.20. The van der Waals surface area contributed by atoms with E-state index < -0.39 is 0 Å². The van der Waals surface area contributed by atoms with Crippen LogP contribution in [0.3, 0.4) is 0 Å². The van der Waals surface area contributed by atoms with E-state index in [2.05, 4.69) is 68.7 Å². The van der Waals surface area contributed by atoms with Crippen LogP contribution in [0.15, 0.2) is 36.4 Å². The highest BCUT2D eigenvalue weighted by molar-refractivity contribution is 5.63. The third-order valence-corrected chi connectivity index (χ3v) is 3.70. The summed E-state index contributed by atoms with van der Waals surface area (Å²) in [7, 11) is 0. The minimum absolute atomic E-state index is 1.13. The van der Waals surface area contributed by atoms with Gasteiger partial charge in [-0.1, -0.05) is 43.2 Å². The fourth-order valence-corrected chi connectivity index (χ4v) is 2.51. The third-order valence-electron chi connectivity index (χ3n) is 3.70. The first-order chi connectivity index (χ1) is 9.11. The van der Waals surface area contributed by atoms with Crippen molar-refractivity contribution in [2.45, 2.75) is 47.1 Å². The fourth-order valence-electron chi connectivity index (χ4n) is 2.51. The van der Waals surface area contributed by atoms with Gasteiger partial charge in [-0.05, 0) is 18.1 Å². The van der Waals surface area contributed by atoms with Crippen molar-refractivity contribution in [2.24, 2.45) is 0 Å². The molecule has 0 atom stereocenters. The van der Waals surface area contributed by atoms with Gasteiger partial charge in [-0.25, -0.2) is 4.57 Å². The van der Waals surface area contributed by atoms with Crippen molar-refractivity contribution in [3.8, 4) is 11.1 Å². The Labute approximate surface area is 116 Å². The lowest BCUT2D eigenvalue weighted by Crippen LogP contribution is -2.40. The van der Waals surface area contributed by atoms with E-state index >= 15 is 0 Å². The molecular formula is C18H24N+. The maximum Gasteiger partial charge on any atom is 0.179 e. The lowest BCUT2D eigenvalue weighted by atomic mass is 10.0. The van der Waals surface area contributed by atoms with E-state index in [-0.39, 0.29) is 0 Å². The smallest absolute Gasteiger partial charge is 0.179 e. The van der Waals surface area contributed by atoms with Gasteiger partial charge in [0, 0.05) is 32.4 Å². The maximum atomic E-state index is 2.42.